The molecule has 0 saturated heterocycles. The zero-order chi connectivity index (χ0) is 13.0. The fraction of sp³-hybridized carbons (Fsp3) is 0.273. The van der Waals surface area contributed by atoms with Crippen LogP contribution in [0.3, 0.4) is 0 Å². The lowest BCUT2D eigenvalue weighted by Gasteiger charge is -2.06. The van der Waals surface area contributed by atoms with Crippen molar-refractivity contribution >= 4 is 11.7 Å². The van der Waals surface area contributed by atoms with Crippen molar-refractivity contribution in [1.29, 1.82) is 5.26 Å². The first-order valence-corrected chi connectivity index (χ1v) is 4.87. The Balaban J connectivity index is 3.40. The van der Waals surface area contributed by atoms with Gasteiger partial charge in [-0.1, -0.05) is 0 Å². The second-order valence-corrected chi connectivity index (χ2v) is 3.26. The van der Waals surface area contributed by atoms with Gasteiger partial charge in [-0.3, -0.25) is 10.1 Å². The number of nitro groups is 1. The Hall–Kier alpha value is -2.42. The number of carbonyl (C=O) groups excluding carboxylic acids is 1. The maximum atomic E-state index is 11.6. The summed E-state index contributed by atoms with van der Waals surface area (Å²) < 4.78 is 4.77. The quantitative estimate of drug-likeness (QED) is 0.452. The van der Waals surface area contributed by atoms with Crippen LogP contribution in [-0.4, -0.2) is 17.5 Å². The zero-order valence-electron chi connectivity index (χ0n) is 9.39. The molecule has 6 heteroatoms. The molecule has 0 amide bonds. The molecule has 0 aliphatic heterocycles. The summed E-state index contributed by atoms with van der Waals surface area (Å²) in [7, 11) is 0. The molecule has 88 valence electrons. The summed E-state index contributed by atoms with van der Waals surface area (Å²) in [6.45, 7) is 3.25. The van der Waals surface area contributed by atoms with Gasteiger partial charge in [-0.25, -0.2) is 4.79 Å². The fourth-order valence-electron chi connectivity index (χ4n) is 1.37. The van der Waals surface area contributed by atoms with Crippen molar-refractivity contribution in [3.63, 3.8) is 0 Å². The summed E-state index contributed by atoms with van der Waals surface area (Å²) in [4.78, 5) is 21.7. The lowest BCUT2D eigenvalue weighted by atomic mass is 10.0. The van der Waals surface area contributed by atoms with Gasteiger partial charge in [-0.05, 0) is 19.9 Å². The number of nitrogens with zero attached hydrogens (tertiary/aromatic N) is 2. The number of ether oxygens (including phenoxy) is 1. The smallest absolute Gasteiger partial charge is 0.338 e. The van der Waals surface area contributed by atoms with Crippen molar-refractivity contribution in [1.82, 2.24) is 0 Å². The molecule has 6 nitrogen and oxygen atoms in total. The molecule has 0 unspecified atom stereocenters. The maximum Gasteiger partial charge on any atom is 0.338 e. The Labute approximate surface area is 97.6 Å². The number of hydrogen-bond acceptors (Lipinski definition) is 5. The van der Waals surface area contributed by atoms with Gasteiger partial charge in [-0.15, -0.1) is 0 Å². The molecule has 1 aromatic carbocycles. The molecule has 0 radical (unpaired) electrons. The summed E-state index contributed by atoms with van der Waals surface area (Å²) in [6.07, 6.45) is 0. The maximum absolute atomic E-state index is 11.6. The first kappa shape index (κ1) is 12.6. The van der Waals surface area contributed by atoms with Gasteiger partial charge < -0.3 is 4.74 Å². The summed E-state index contributed by atoms with van der Waals surface area (Å²) in [6, 6.07) is 4.20. The Morgan fingerprint density at radius 3 is 2.71 bits per heavy atom. The first-order valence-electron chi connectivity index (χ1n) is 4.87. The molecule has 0 aromatic heterocycles. The SMILES string of the molecule is CCOC(=O)c1cc(C#N)cc([N+](=O)[O-])c1C. The van der Waals surface area contributed by atoms with E-state index in [1.54, 1.807) is 13.0 Å². The van der Waals surface area contributed by atoms with Crippen LogP contribution in [-0.2, 0) is 4.74 Å². The number of benzene rings is 1. The molecule has 0 heterocycles. The molecule has 0 spiro atoms. The zero-order valence-corrected chi connectivity index (χ0v) is 9.39. The molecule has 1 rings (SSSR count). The van der Waals surface area contributed by atoms with Crippen molar-refractivity contribution in [3.05, 3.63) is 38.9 Å². The Kier molecular flexibility index (Phi) is 3.78. The monoisotopic (exact) mass is 234 g/mol. The molecular weight excluding hydrogens is 224 g/mol. The highest BCUT2D eigenvalue weighted by atomic mass is 16.6. The summed E-state index contributed by atoms with van der Waals surface area (Å²) in [5, 5.41) is 19.5. The van der Waals surface area contributed by atoms with Gasteiger partial charge in [0.2, 0.25) is 0 Å². The van der Waals surface area contributed by atoms with Crippen LogP contribution in [0.25, 0.3) is 0 Å². The van der Waals surface area contributed by atoms with Gasteiger partial charge >= 0.3 is 5.97 Å². The normalized spacial score (nSPS) is 9.47. The highest BCUT2D eigenvalue weighted by Crippen LogP contribution is 2.24. The van der Waals surface area contributed by atoms with Crippen molar-refractivity contribution in [3.8, 4) is 6.07 Å². The van der Waals surface area contributed by atoms with Crippen LogP contribution in [0.2, 0.25) is 0 Å². The third kappa shape index (κ3) is 2.58. The molecule has 0 bridgehead atoms. The molecular formula is C11H10N2O4. The van der Waals surface area contributed by atoms with Crippen molar-refractivity contribution in [2.45, 2.75) is 13.8 Å². The average Bonchev–Trinajstić information content (AvgIpc) is 2.29. The highest BCUT2D eigenvalue weighted by molar-refractivity contribution is 5.92. The van der Waals surface area contributed by atoms with Gasteiger partial charge in [0.1, 0.15) is 0 Å². The lowest BCUT2D eigenvalue weighted by Crippen LogP contribution is -2.08. The second-order valence-electron chi connectivity index (χ2n) is 3.26. The minimum absolute atomic E-state index is 0.0533. The van der Waals surface area contributed by atoms with Crippen LogP contribution in [0.1, 0.15) is 28.4 Å². The molecule has 17 heavy (non-hydrogen) atoms. The Morgan fingerprint density at radius 1 is 1.59 bits per heavy atom. The van der Waals surface area contributed by atoms with Crippen molar-refractivity contribution < 1.29 is 14.5 Å². The van der Waals surface area contributed by atoms with Crippen LogP contribution in [0.5, 0.6) is 0 Å². The van der Waals surface area contributed by atoms with E-state index < -0.39 is 10.9 Å². The third-order valence-corrected chi connectivity index (χ3v) is 2.20. The van der Waals surface area contributed by atoms with Gasteiger partial charge in [0.05, 0.1) is 28.7 Å². The molecule has 0 aliphatic rings. The number of nitro benzene ring substituents is 1. The predicted molar refractivity (Wildman–Crippen MR) is 58.5 cm³/mol. The van der Waals surface area contributed by atoms with E-state index in [0.717, 1.165) is 6.07 Å². The van der Waals surface area contributed by atoms with E-state index in [1.807, 2.05) is 0 Å². The van der Waals surface area contributed by atoms with E-state index >= 15 is 0 Å². The molecule has 0 saturated carbocycles. The molecule has 0 aliphatic carbocycles. The van der Waals surface area contributed by atoms with Crippen LogP contribution in [0.15, 0.2) is 12.1 Å². The fourth-order valence-corrected chi connectivity index (χ4v) is 1.37. The predicted octanol–water partition coefficient (Wildman–Crippen LogP) is 1.95. The minimum atomic E-state index is -0.662. The van der Waals surface area contributed by atoms with Gasteiger partial charge in [-0.2, -0.15) is 5.26 Å². The summed E-state index contributed by atoms with van der Waals surface area (Å²) in [5.41, 5.74) is 0.0579. The standard InChI is InChI=1S/C11H10N2O4/c1-3-17-11(14)9-4-8(6-12)5-10(7(9)2)13(15)16/h4-5H,3H2,1-2H3. The van der Waals surface area contributed by atoms with Gasteiger partial charge in [0.15, 0.2) is 0 Å². The molecule has 0 atom stereocenters. The highest BCUT2D eigenvalue weighted by Gasteiger charge is 2.21. The molecule has 1 aromatic rings. The Bertz CT molecular complexity index is 517. The third-order valence-electron chi connectivity index (χ3n) is 2.20. The first-order chi connectivity index (χ1) is 8.01. The van der Waals surface area contributed by atoms with Gasteiger partial charge in [0.25, 0.3) is 5.69 Å². The lowest BCUT2D eigenvalue weighted by molar-refractivity contribution is -0.385. The van der Waals surface area contributed by atoms with Crippen LogP contribution >= 0.6 is 0 Å². The number of hydrogen-bond donors (Lipinski definition) is 0. The van der Waals surface area contributed by atoms with Gasteiger partial charge in [0, 0.05) is 11.6 Å². The van der Waals surface area contributed by atoms with E-state index in [9.17, 15) is 14.9 Å². The number of esters is 1. The van der Waals surface area contributed by atoms with E-state index in [-0.39, 0.29) is 29.0 Å². The largest absolute Gasteiger partial charge is 0.462 e. The number of rotatable bonds is 3. The number of nitriles is 1. The average molecular weight is 234 g/mol. The van der Waals surface area contributed by atoms with Crippen LogP contribution < -0.4 is 0 Å². The van der Waals surface area contributed by atoms with E-state index in [1.165, 1.54) is 13.0 Å². The second kappa shape index (κ2) is 5.07. The molecule has 0 fully saturated rings. The van der Waals surface area contributed by atoms with Crippen LogP contribution in [0.4, 0.5) is 5.69 Å². The molecule has 0 N–H and O–H groups in total. The summed E-state index contributed by atoms with van der Waals surface area (Å²) in [5.74, 6) is -0.662. The van der Waals surface area contributed by atoms with E-state index in [4.69, 9.17) is 10.00 Å². The minimum Gasteiger partial charge on any atom is -0.462 e. The number of carbonyl (C=O) groups is 1. The van der Waals surface area contributed by atoms with E-state index in [2.05, 4.69) is 0 Å². The van der Waals surface area contributed by atoms with Crippen molar-refractivity contribution in [2.75, 3.05) is 6.61 Å². The van der Waals surface area contributed by atoms with E-state index in [0.29, 0.717) is 0 Å². The summed E-state index contributed by atoms with van der Waals surface area (Å²) >= 11 is 0. The van der Waals surface area contributed by atoms with Crippen molar-refractivity contribution in [2.24, 2.45) is 0 Å². The Morgan fingerprint density at radius 2 is 2.24 bits per heavy atom. The van der Waals surface area contributed by atoms with Crippen LogP contribution in [0, 0.1) is 28.4 Å². The topological polar surface area (TPSA) is 93.2 Å².